The van der Waals surface area contributed by atoms with E-state index in [-0.39, 0.29) is 29.5 Å². The van der Waals surface area contributed by atoms with Gasteiger partial charge in [-0.1, -0.05) is 54.4 Å². The quantitative estimate of drug-likeness (QED) is 0.314. The van der Waals surface area contributed by atoms with Crippen LogP contribution in [0.25, 0.3) is 0 Å². The number of carbonyl (C=O) groups excluding carboxylic acids is 2. The van der Waals surface area contributed by atoms with Gasteiger partial charge in [-0.15, -0.1) is 0 Å². The van der Waals surface area contributed by atoms with Crippen molar-refractivity contribution in [1.29, 1.82) is 0 Å². The van der Waals surface area contributed by atoms with Crippen LogP contribution in [0.4, 0.5) is 5.69 Å². The Bertz CT molecular complexity index is 1370. The minimum absolute atomic E-state index is 0.0186. The monoisotopic (exact) mass is 591 g/mol. The van der Waals surface area contributed by atoms with Crippen molar-refractivity contribution in [3.8, 4) is 5.75 Å². The van der Waals surface area contributed by atoms with Crippen LogP contribution in [0.1, 0.15) is 25.8 Å². The van der Waals surface area contributed by atoms with Gasteiger partial charge < -0.3 is 15.0 Å². The van der Waals surface area contributed by atoms with E-state index in [9.17, 15) is 18.0 Å². The van der Waals surface area contributed by atoms with Crippen LogP contribution in [0.5, 0.6) is 5.75 Å². The summed E-state index contributed by atoms with van der Waals surface area (Å²) in [7, 11) is -2.66. The van der Waals surface area contributed by atoms with Gasteiger partial charge in [-0.05, 0) is 61.9 Å². The lowest BCUT2D eigenvalue weighted by atomic mass is 10.1. The molecule has 0 saturated heterocycles. The Kier molecular flexibility index (Phi) is 10.6. The second-order valence-corrected chi connectivity index (χ2v) is 11.2. The number of nitrogens with one attached hydrogen (secondary N) is 1. The molecule has 0 spiro atoms. The van der Waals surface area contributed by atoms with Crippen LogP contribution >= 0.6 is 23.2 Å². The fourth-order valence-electron chi connectivity index (χ4n) is 4.06. The van der Waals surface area contributed by atoms with E-state index in [2.05, 4.69) is 5.32 Å². The number of benzene rings is 3. The molecule has 0 aliphatic rings. The van der Waals surface area contributed by atoms with Gasteiger partial charge in [0.1, 0.15) is 18.3 Å². The maximum Gasteiger partial charge on any atom is 0.264 e. The second-order valence-electron chi connectivity index (χ2n) is 8.56. The van der Waals surface area contributed by atoms with Gasteiger partial charge in [0, 0.05) is 28.7 Å². The van der Waals surface area contributed by atoms with Gasteiger partial charge >= 0.3 is 0 Å². The molecule has 0 heterocycles. The van der Waals surface area contributed by atoms with Crippen molar-refractivity contribution in [3.63, 3.8) is 0 Å². The maximum absolute atomic E-state index is 14.0. The SMILES string of the molecule is CCNC(=O)C(CC)N(Cc1c(Cl)cccc1Cl)C(=O)CN(c1ccc(OC)cc1)S(=O)(=O)c1ccccc1. The van der Waals surface area contributed by atoms with Gasteiger partial charge in [0.15, 0.2) is 0 Å². The average molecular weight is 593 g/mol. The minimum Gasteiger partial charge on any atom is -0.497 e. The highest BCUT2D eigenvalue weighted by Gasteiger charge is 2.34. The molecule has 0 bridgehead atoms. The van der Waals surface area contributed by atoms with E-state index < -0.39 is 28.5 Å². The summed E-state index contributed by atoms with van der Waals surface area (Å²) in [6.45, 7) is 3.26. The number of amides is 2. The fourth-order valence-corrected chi connectivity index (χ4v) is 6.01. The number of ether oxygens (including phenoxy) is 1. The maximum atomic E-state index is 14.0. The third-order valence-corrected chi connectivity index (χ3v) is 8.59. The summed E-state index contributed by atoms with van der Waals surface area (Å²) in [5.41, 5.74) is 0.716. The van der Waals surface area contributed by atoms with Crippen molar-refractivity contribution >= 4 is 50.7 Å². The van der Waals surface area contributed by atoms with E-state index in [4.69, 9.17) is 27.9 Å². The first-order valence-corrected chi connectivity index (χ1v) is 14.6. The van der Waals surface area contributed by atoms with Gasteiger partial charge in [-0.3, -0.25) is 13.9 Å². The predicted molar refractivity (Wildman–Crippen MR) is 154 cm³/mol. The standard InChI is InChI=1S/C28H31Cl2N3O5S/c1-4-26(28(35)31-5-2)32(18-23-24(29)12-9-13-25(23)30)27(34)19-33(20-14-16-21(38-3)17-15-20)39(36,37)22-10-7-6-8-11-22/h6-17,26H,4-5,18-19H2,1-3H3,(H,31,35). The molecule has 0 saturated carbocycles. The molecule has 0 aromatic heterocycles. The van der Waals surface area contributed by atoms with Crippen LogP contribution < -0.4 is 14.4 Å². The Morgan fingerprint density at radius 2 is 1.54 bits per heavy atom. The van der Waals surface area contributed by atoms with Crippen molar-refractivity contribution in [1.82, 2.24) is 10.2 Å². The number of hydrogen-bond donors (Lipinski definition) is 1. The molecule has 2 amide bonds. The van der Waals surface area contributed by atoms with Crippen molar-refractivity contribution in [2.24, 2.45) is 0 Å². The lowest BCUT2D eigenvalue weighted by Crippen LogP contribution is -2.52. The van der Waals surface area contributed by atoms with E-state index in [1.165, 1.54) is 24.1 Å². The van der Waals surface area contributed by atoms with Crippen LogP contribution in [0.3, 0.4) is 0 Å². The normalized spacial score (nSPS) is 11.9. The molecular formula is C28H31Cl2N3O5S. The zero-order chi connectivity index (χ0) is 28.6. The largest absolute Gasteiger partial charge is 0.497 e. The lowest BCUT2D eigenvalue weighted by molar-refractivity contribution is -0.140. The number of hydrogen-bond acceptors (Lipinski definition) is 5. The lowest BCUT2D eigenvalue weighted by Gasteiger charge is -2.33. The Morgan fingerprint density at radius 1 is 0.923 bits per heavy atom. The second kappa shape index (κ2) is 13.7. The molecule has 0 aliphatic heterocycles. The van der Waals surface area contributed by atoms with Gasteiger partial charge in [-0.2, -0.15) is 0 Å². The van der Waals surface area contributed by atoms with Crippen LogP contribution in [0.2, 0.25) is 10.0 Å². The average Bonchev–Trinajstić information content (AvgIpc) is 2.93. The zero-order valence-corrected chi connectivity index (χ0v) is 24.3. The number of methoxy groups -OCH3 is 1. The number of anilines is 1. The van der Waals surface area contributed by atoms with Gasteiger partial charge in [0.2, 0.25) is 11.8 Å². The highest BCUT2D eigenvalue weighted by molar-refractivity contribution is 7.92. The van der Waals surface area contributed by atoms with Crippen LogP contribution in [-0.2, 0) is 26.2 Å². The zero-order valence-electron chi connectivity index (χ0n) is 21.9. The molecule has 0 fully saturated rings. The Balaban J connectivity index is 2.09. The van der Waals surface area contributed by atoms with Crippen molar-refractivity contribution in [2.75, 3.05) is 24.5 Å². The highest BCUT2D eigenvalue weighted by atomic mass is 35.5. The van der Waals surface area contributed by atoms with E-state index in [1.807, 2.05) is 0 Å². The number of sulfonamides is 1. The Morgan fingerprint density at radius 3 is 2.08 bits per heavy atom. The molecule has 3 aromatic rings. The molecule has 0 aliphatic carbocycles. The Labute approximate surface area is 239 Å². The third kappa shape index (κ3) is 7.23. The van der Waals surface area contributed by atoms with Crippen molar-refractivity contribution in [3.05, 3.63) is 88.4 Å². The highest BCUT2D eigenvalue weighted by Crippen LogP contribution is 2.29. The van der Waals surface area contributed by atoms with Gasteiger partial charge in [-0.25, -0.2) is 8.42 Å². The number of nitrogens with zero attached hydrogens (tertiary/aromatic N) is 2. The summed E-state index contributed by atoms with van der Waals surface area (Å²) < 4.78 is 33.8. The van der Waals surface area contributed by atoms with Crippen LogP contribution in [0.15, 0.2) is 77.7 Å². The molecule has 1 N–H and O–H groups in total. The number of carbonyl (C=O) groups is 2. The topological polar surface area (TPSA) is 96.0 Å². The summed E-state index contributed by atoms with van der Waals surface area (Å²) in [5.74, 6) is -0.433. The molecule has 0 radical (unpaired) electrons. The third-order valence-electron chi connectivity index (χ3n) is 6.10. The molecule has 11 heteroatoms. The van der Waals surface area contributed by atoms with E-state index in [1.54, 1.807) is 74.5 Å². The molecule has 208 valence electrons. The molecule has 3 aromatic carbocycles. The van der Waals surface area contributed by atoms with Crippen molar-refractivity contribution < 1.29 is 22.7 Å². The van der Waals surface area contributed by atoms with Gasteiger partial charge in [0.05, 0.1) is 17.7 Å². The molecular weight excluding hydrogens is 561 g/mol. The van der Waals surface area contributed by atoms with E-state index >= 15 is 0 Å². The van der Waals surface area contributed by atoms with E-state index in [0.717, 1.165) is 4.31 Å². The predicted octanol–water partition coefficient (Wildman–Crippen LogP) is 5.14. The first kappa shape index (κ1) is 30.3. The fraction of sp³-hybridized carbons (Fsp3) is 0.286. The summed E-state index contributed by atoms with van der Waals surface area (Å²) in [4.78, 5) is 28.3. The number of halogens is 2. The first-order valence-electron chi connectivity index (χ1n) is 12.4. The van der Waals surface area contributed by atoms with Crippen molar-refractivity contribution in [2.45, 2.75) is 37.8 Å². The van der Waals surface area contributed by atoms with Gasteiger partial charge in [0.25, 0.3) is 10.0 Å². The van der Waals surface area contributed by atoms with Crippen LogP contribution in [-0.4, -0.2) is 51.4 Å². The minimum atomic E-state index is -4.16. The summed E-state index contributed by atoms with van der Waals surface area (Å²) in [6.07, 6.45) is 0.285. The number of likely N-dealkylation sites (N-methyl/N-ethyl adjacent to an activating group) is 1. The summed E-state index contributed by atoms with van der Waals surface area (Å²) in [5, 5.41) is 3.41. The van der Waals surface area contributed by atoms with Crippen LogP contribution in [0, 0.1) is 0 Å². The summed E-state index contributed by atoms with van der Waals surface area (Å²) >= 11 is 12.8. The molecule has 39 heavy (non-hydrogen) atoms. The molecule has 1 unspecified atom stereocenters. The number of rotatable bonds is 12. The Hall–Kier alpha value is -3.27. The smallest absolute Gasteiger partial charge is 0.264 e. The first-order chi connectivity index (χ1) is 18.6. The molecule has 3 rings (SSSR count). The van der Waals surface area contributed by atoms with E-state index in [0.29, 0.717) is 27.9 Å². The molecule has 8 nitrogen and oxygen atoms in total. The summed E-state index contributed by atoms with van der Waals surface area (Å²) in [6, 6.07) is 18.2. The molecule has 1 atom stereocenters.